The summed E-state index contributed by atoms with van der Waals surface area (Å²) in [5, 5.41) is 4.83. The fourth-order valence-electron chi connectivity index (χ4n) is 9.08. The average Bonchev–Trinajstić information content (AvgIpc) is 3.86. The number of hydrogen-bond donors (Lipinski definition) is 0. The first-order chi connectivity index (χ1) is 30.7. The third-order valence-corrected chi connectivity index (χ3v) is 12.0. The minimum atomic E-state index is 0.623. The first-order valence-electron chi connectivity index (χ1n) is 20.9. The molecule has 3 aromatic heterocycles. The van der Waals surface area contributed by atoms with Gasteiger partial charge in [0.15, 0.2) is 17.5 Å². The predicted molar refractivity (Wildman–Crippen MR) is 256 cm³/mol. The molecule has 5 heteroatoms. The highest BCUT2D eigenvalue weighted by Gasteiger charge is 2.20. The van der Waals surface area contributed by atoms with Gasteiger partial charge in [-0.05, 0) is 77.4 Å². The zero-order valence-corrected chi connectivity index (χ0v) is 33.6. The molecule has 12 aromatic rings. The van der Waals surface area contributed by atoms with Crippen molar-refractivity contribution < 1.29 is 0 Å². The lowest BCUT2D eigenvalue weighted by atomic mass is 10.0. The molecule has 62 heavy (non-hydrogen) atoms. The molecule has 12 rings (SSSR count). The number of fused-ring (bicyclic) bond motifs is 6. The number of hydrogen-bond acceptors (Lipinski definition) is 3. The highest BCUT2D eigenvalue weighted by molar-refractivity contribution is 6.19. The number of benzene rings is 9. The van der Waals surface area contributed by atoms with E-state index in [-0.39, 0.29) is 0 Å². The lowest BCUT2D eigenvalue weighted by Crippen LogP contribution is -2.00. The van der Waals surface area contributed by atoms with Crippen LogP contribution in [0.1, 0.15) is 0 Å². The summed E-state index contributed by atoms with van der Waals surface area (Å²) >= 11 is 0. The Labute approximate surface area is 358 Å². The largest absolute Gasteiger partial charge is 0.309 e. The van der Waals surface area contributed by atoms with Crippen LogP contribution in [0.5, 0.6) is 0 Å². The molecule has 0 aliphatic heterocycles. The van der Waals surface area contributed by atoms with E-state index in [0.29, 0.717) is 17.5 Å². The summed E-state index contributed by atoms with van der Waals surface area (Å²) in [5.74, 6) is 1.89. The molecule has 0 bridgehead atoms. The van der Waals surface area contributed by atoms with Gasteiger partial charge in [0.25, 0.3) is 0 Å². The fraction of sp³-hybridized carbons (Fsp3) is 0. The van der Waals surface area contributed by atoms with Gasteiger partial charge in [0.05, 0.1) is 27.8 Å². The molecule has 0 amide bonds. The van der Waals surface area contributed by atoms with E-state index in [1.165, 1.54) is 43.7 Å². The second kappa shape index (κ2) is 14.7. The standard InChI is InChI=1S/C57H37N5/c1-4-17-38(18-5-1)42-23-16-24-43(35-42)57-59-55(40-21-8-3-9-22-40)58-56(60-57)41-31-33-44(34-32-41)61-51-29-14-11-26-46(51)48-37-54-49(36-53(48)61)47-27-12-15-30-52(47)62(54)50-28-13-10-25-45(50)39-19-6-2-7-20-39/h1-37H. The van der Waals surface area contributed by atoms with Crippen molar-refractivity contribution in [2.75, 3.05) is 0 Å². The maximum Gasteiger partial charge on any atom is 0.164 e. The molecule has 0 fully saturated rings. The molecule has 0 saturated heterocycles. The maximum absolute atomic E-state index is 5.11. The van der Waals surface area contributed by atoms with Crippen LogP contribution in [0.25, 0.3) is 111 Å². The van der Waals surface area contributed by atoms with E-state index in [2.05, 4.69) is 197 Å². The van der Waals surface area contributed by atoms with Crippen LogP contribution in [-0.2, 0) is 0 Å². The van der Waals surface area contributed by atoms with Crippen molar-refractivity contribution in [3.05, 3.63) is 224 Å². The molecule has 0 saturated carbocycles. The summed E-state index contributed by atoms with van der Waals surface area (Å²) in [6, 6.07) is 79.3. The maximum atomic E-state index is 5.11. The van der Waals surface area contributed by atoms with Crippen molar-refractivity contribution in [1.29, 1.82) is 0 Å². The minimum absolute atomic E-state index is 0.623. The SMILES string of the molecule is c1ccc(-c2cccc(-c3nc(-c4ccccc4)nc(-c4ccc(-n5c6ccccc6c6cc7c(cc65)c5ccccc5n7-c5ccccc5-c5ccccc5)cc4)n3)c2)cc1. The number of para-hydroxylation sites is 3. The van der Waals surface area contributed by atoms with E-state index in [1.807, 2.05) is 36.4 Å². The highest BCUT2D eigenvalue weighted by atomic mass is 15.0. The smallest absolute Gasteiger partial charge is 0.164 e. The van der Waals surface area contributed by atoms with Crippen LogP contribution >= 0.6 is 0 Å². The van der Waals surface area contributed by atoms with Crippen LogP contribution in [0.15, 0.2) is 224 Å². The molecule has 3 heterocycles. The van der Waals surface area contributed by atoms with Gasteiger partial charge in [-0.1, -0.05) is 164 Å². The minimum Gasteiger partial charge on any atom is -0.309 e. The molecular formula is C57H37N5. The van der Waals surface area contributed by atoms with Crippen molar-refractivity contribution in [2.45, 2.75) is 0 Å². The van der Waals surface area contributed by atoms with E-state index in [4.69, 9.17) is 15.0 Å². The van der Waals surface area contributed by atoms with Gasteiger partial charge in [0.2, 0.25) is 0 Å². The summed E-state index contributed by atoms with van der Waals surface area (Å²) in [7, 11) is 0. The molecule has 0 radical (unpaired) electrons. The average molecular weight is 792 g/mol. The summed E-state index contributed by atoms with van der Waals surface area (Å²) in [6.07, 6.45) is 0. The topological polar surface area (TPSA) is 48.5 Å². The van der Waals surface area contributed by atoms with Crippen LogP contribution in [0.4, 0.5) is 0 Å². The van der Waals surface area contributed by atoms with Crippen LogP contribution < -0.4 is 0 Å². The molecule has 0 N–H and O–H groups in total. The Morgan fingerprint density at radius 3 is 1.35 bits per heavy atom. The quantitative estimate of drug-likeness (QED) is 0.162. The molecule has 290 valence electrons. The summed E-state index contributed by atoms with van der Waals surface area (Å²) < 4.78 is 4.83. The van der Waals surface area contributed by atoms with Crippen molar-refractivity contribution in [1.82, 2.24) is 24.1 Å². The third-order valence-electron chi connectivity index (χ3n) is 12.0. The van der Waals surface area contributed by atoms with Gasteiger partial charge >= 0.3 is 0 Å². The van der Waals surface area contributed by atoms with Crippen LogP contribution in [0.3, 0.4) is 0 Å². The van der Waals surface area contributed by atoms with Crippen LogP contribution in [0.2, 0.25) is 0 Å². The van der Waals surface area contributed by atoms with Gasteiger partial charge in [-0.25, -0.2) is 15.0 Å². The fourth-order valence-corrected chi connectivity index (χ4v) is 9.08. The van der Waals surface area contributed by atoms with Gasteiger partial charge < -0.3 is 9.13 Å². The number of rotatable bonds is 7. The Bertz CT molecular complexity index is 3610. The van der Waals surface area contributed by atoms with Crippen molar-refractivity contribution >= 4 is 43.6 Å². The first-order valence-corrected chi connectivity index (χ1v) is 20.9. The lowest BCUT2D eigenvalue weighted by molar-refractivity contribution is 1.07. The van der Waals surface area contributed by atoms with Gasteiger partial charge in [-0.3, -0.25) is 0 Å². The van der Waals surface area contributed by atoms with Crippen LogP contribution in [0, 0.1) is 0 Å². The second-order valence-electron chi connectivity index (χ2n) is 15.6. The second-order valence-corrected chi connectivity index (χ2v) is 15.6. The Morgan fingerprint density at radius 2 is 0.710 bits per heavy atom. The third kappa shape index (κ3) is 5.98. The van der Waals surface area contributed by atoms with Gasteiger partial charge in [-0.15, -0.1) is 0 Å². The lowest BCUT2D eigenvalue weighted by Gasteiger charge is -2.14. The Balaban J connectivity index is 1.01. The highest BCUT2D eigenvalue weighted by Crippen LogP contribution is 2.41. The molecule has 5 nitrogen and oxygen atoms in total. The molecule has 0 aliphatic carbocycles. The summed E-state index contributed by atoms with van der Waals surface area (Å²) in [6.45, 7) is 0. The van der Waals surface area contributed by atoms with Gasteiger partial charge in [-0.2, -0.15) is 0 Å². The monoisotopic (exact) mass is 791 g/mol. The Kier molecular flexibility index (Phi) is 8.42. The van der Waals surface area contributed by atoms with Crippen molar-refractivity contribution in [3.63, 3.8) is 0 Å². The molecule has 9 aromatic carbocycles. The molecular weight excluding hydrogens is 755 g/mol. The van der Waals surface area contributed by atoms with Crippen LogP contribution in [-0.4, -0.2) is 24.1 Å². The van der Waals surface area contributed by atoms with E-state index >= 15 is 0 Å². The van der Waals surface area contributed by atoms with Gasteiger partial charge in [0.1, 0.15) is 0 Å². The molecule has 0 unspecified atom stereocenters. The molecule has 0 atom stereocenters. The van der Waals surface area contributed by atoms with Crippen molar-refractivity contribution in [3.8, 4) is 67.8 Å². The Morgan fingerprint density at radius 1 is 0.258 bits per heavy atom. The van der Waals surface area contributed by atoms with E-state index in [0.717, 1.165) is 50.2 Å². The molecule has 0 aliphatic rings. The zero-order chi connectivity index (χ0) is 41.0. The van der Waals surface area contributed by atoms with Gasteiger partial charge in [0, 0.05) is 49.5 Å². The molecule has 0 spiro atoms. The number of aromatic nitrogens is 5. The van der Waals surface area contributed by atoms with Crippen molar-refractivity contribution in [2.24, 2.45) is 0 Å². The summed E-state index contributed by atoms with van der Waals surface area (Å²) in [4.78, 5) is 15.2. The zero-order valence-electron chi connectivity index (χ0n) is 33.6. The predicted octanol–water partition coefficient (Wildman–Crippen LogP) is 14.4. The number of nitrogens with zero attached hydrogens (tertiary/aromatic N) is 5. The van der Waals surface area contributed by atoms with E-state index in [9.17, 15) is 0 Å². The normalized spacial score (nSPS) is 11.5. The van der Waals surface area contributed by atoms with E-state index < -0.39 is 0 Å². The summed E-state index contributed by atoms with van der Waals surface area (Å²) in [5.41, 5.74) is 14.3. The van der Waals surface area contributed by atoms with E-state index in [1.54, 1.807) is 0 Å². The Hall–Kier alpha value is -8.41. The first kappa shape index (κ1) is 35.5.